The average Bonchev–Trinajstić information content (AvgIpc) is 3.05. The number of alkyl halides is 3. The van der Waals surface area contributed by atoms with E-state index in [4.69, 9.17) is 0 Å². The minimum Gasteiger partial charge on any atom is -0.240 e. The minimum absolute atomic E-state index is 0.255. The Kier molecular flexibility index (Phi) is 5.44. The van der Waals surface area contributed by atoms with E-state index in [1.165, 1.54) is 35.6 Å². The molecule has 130 valence electrons. The third-order valence-electron chi connectivity index (χ3n) is 3.44. The minimum atomic E-state index is -4.33. The van der Waals surface area contributed by atoms with Gasteiger partial charge in [-0.05, 0) is 29.8 Å². The molecule has 0 unspecified atom stereocenters. The molecule has 0 spiro atoms. The van der Waals surface area contributed by atoms with E-state index in [-0.39, 0.29) is 5.82 Å². The van der Waals surface area contributed by atoms with Crippen LogP contribution in [0.1, 0.15) is 16.8 Å². The summed E-state index contributed by atoms with van der Waals surface area (Å²) >= 11 is 3.06. The number of hydrogen-bond donors (Lipinski definition) is 0. The molecule has 0 bridgehead atoms. The summed E-state index contributed by atoms with van der Waals surface area (Å²) in [6, 6.07) is 11.4. The molecule has 0 aliphatic heterocycles. The number of benzene rings is 2. The molecule has 0 atom stereocenters. The van der Waals surface area contributed by atoms with Crippen molar-refractivity contribution in [1.82, 2.24) is 4.98 Å². The standard InChI is InChI=1S/C18H13F4NS2/c19-15-7-1-12(2-8-15)9-24-10-16-11-25-17(23-16)13-3-5-14(6-4-13)18(20,21)22/h1-8,11H,9-10H2. The molecular formula is C18H13F4NS2. The number of aromatic nitrogens is 1. The topological polar surface area (TPSA) is 12.9 Å². The SMILES string of the molecule is Fc1ccc(CSCc2csc(-c3ccc(C(F)(F)F)cc3)n2)cc1. The molecule has 0 aliphatic carbocycles. The van der Waals surface area contributed by atoms with Gasteiger partial charge in [0.05, 0.1) is 11.3 Å². The molecule has 7 heteroatoms. The summed E-state index contributed by atoms with van der Waals surface area (Å²) in [6.45, 7) is 0. The fourth-order valence-corrected chi connectivity index (χ4v) is 3.98. The van der Waals surface area contributed by atoms with E-state index < -0.39 is 11.7 Å². The summed E-state index contributed by atoms with van der Waals surface area (Å²) in [5.74, 6) is 1.18. The summed E-state index contributed by atoms with van der Waals surface area (Å²) in [4.78, 5) is 4.47. The second kappa shape index (κ2) is 7.58. The van der Waals surface area contributed by atoms with Gasteiger partial charge in [0.1, 0.15) is 10.8 Å². The van der Waals surface area contributed by atoms with Gasteiger partial charge in [-0.15, -0.1) is 11.3 Å². The Labute approximate surface area is 150 Å². The van der Waals surface area contributed by atoms with Crippen molar-refractivity contribution in [3.05, 3.63) is 76.5 Å². The number of halogens is 4. The maximum atomic E-state index is 12.9. The molecule has 0 saturated heterocycles. The van der Waals surface area contributed by atoms with Crippen LogP contribution in [0.5, 0.6) is 0 Å². The fraction of sp³-hybridized carbons (Fsp3) is 0.167. The molecular weight excluding hydrogens is 370 g/mol. The average molecular weight is 383 g/mol. The first-order valence-corrected chi connectivity index (χ1v) is 9.39. The number of rotatable bonds is 5. The normalized spacial score (nSPS) is 11.7. The van der Waals surface area contributed by atoms with Crippen molar-refractivity contribution in [1.29, 1.82) is 0 Å². The number of hydrogen-bond acceptors (Lipinski definition) is 3. The number of thioether (sulfide) groups is 1. The number of thiazole rings is 1. The molecule has 2 aromatic carbocycles. The van der Waals surface area contributed by atoms with Crippen molar-refractivity contribution in [2.24, 2.45) is 0 Å². The van der Waals surface area contributed by atoms with Crippen LogP contribution in [0.2, 0.25) is 0 Å². The van der Waals surface area contributed by atoms with E-state index >= 15 is 0 Å². The van der Waals surface area contributed by atoms with E-state index in [1.807, 2.05) is 5.38 Å². The third kappa shape index (κ3) is 4.83. The molecule has 0 saturated carbocycles. The van der Waals surface area contributed by atoms with Crippen LogP contribution in [0.15, 0.2) is 53.9 Å². The van der Waals surface area contributed by atoms with Gasteiger partial charge in [-0.3, -0.25) is 0 Å². The van der Waals surface area contributed by atoms with Gasteiger partial charge in [0.15, 0.2) is 0 Å². The van der Waals surface area contributed by atoms with Crippen LogP contribution in [0.25, 0.3) is 10.6 Å². The Balaban J connectivity index is 1.59. The van der Waals surface area contributed by atoms with Gasteiger partial charge in [-0.2, -0.15) is 24.9 Å². The molecule has 25 heavy (non-hydrogen) atoms. The van der Waals surface area contributed by atoms with Gasteiger partial charge in [0, 0.05) is 22.4 Å². The van der Waals surface area contributed by atoms with Crippen LogP contribution < -0.4 is 0 Å². The van der Waals surface area contributed by atoms with E-state index in [9.17, 15) is 17.6 Å². The van der Waals surface area contributed by atoms with Crippen molar-refractivity contribution in [2.75, 3.05) is 0 Å². The highest BCUT2D eigenvalue weighted by Gasteiger charge is 2.30. The quantitative estimate of drug-likeness (QED) is 0.473. The second-order valence-electron chi connectivity index (χ2n) is 5.34. The van der Waals surface area contributed by atoms with Crippen LogP contribution >= 0.6 is 23.1 Å². The van der Waals surface area contributed by atoms with Gasteiger partial charge < -0.3 is 0 Å². The lowest BCUT2D eigenvalue weighted by Gasteiger charge is -2.06. The first kappa shape index (κ1) is 17.9. The van der Waals surface area contributed by atoms with E-state index in [2.05, 4.69) is 4.98 Å². The van der Waals surface area contributed by atoms with Gasteiger partial charge >= 0.3 is 6.18 Å². The first-order valence-electron chi connectivity index (χ1n) is 7.36. The summed E-state index contributed by atoms with van der Waals surface area (Å²) in [6.07, 6.45) is -4.33. The molecule has 3 rings (SSSR count). The lowest BCUT2D eigenvalue weighted by molar-refractivity contribution is -0.137. The Bertz CT molecular complexity index is 824. The highest BCUT2D eigenvalue weighted by atomic mass is 32.2. The van der Waals surface area contributed by atoms with Crippen molar-refractivity contribution >= 4 is 23.1 Å². The van der Waals surface area contributed by atoms with Crippen molar-refractivity contribution in [2.45, 2.75) is 17.7 Å². The molecule has 0 N–H and O–H groups in total. The lowest BCUT2D eigenvalue weighted by atomic mass is 10.1. The van der Waals surface area contributed by atoms with E-state index in [1.54, 1.807) is 23.9 Å². The smallest absolute Gasteiger partial charge is 0.240 e. The highest BCUT2D eigenvalue weighted by Crippen LogP contribution is 2.32. The maximum absolute atomic E-state index is 12.9. The van der Waals surface area contributed by atoms with Crippen LogP contribution in [0, 0.1) is 5.82 Å². The van der Waals surface area contributed by atoms with Gasteiger partial charge in [-0.1, -0.05) is 24.3 Å². The van der Waals surface area contributed by atoms with Crippen LogP contribution in [-0.4, -0.2) is 4.98 Å². The van der Waals surface area contributed by atoms with Crippen LogP contribution in [0.4, 0.5) is 17.6 Å². The molecule has 0 radical (unpaired) electrons. The van der Waals surface area contributed by atoms with Gasteiger partial charge in [0.25, 0.3) is 0 Å². The van der Waals surface area contributed by atoms with Crippen molar-refractivity contribution < 1.29 is 17.6 Å². The zero-order chi connectivity index (χ0) is 17.9. The van der Waals surface area contributed by atoms with Crippen LogP contribution in [0.3, 0.4) is 0 Å². The fourth-order valence-electron chi connectivity index (χ4n) is 2.16. The summed E-state index contributed by atoms with van der Waals surface area (Å²) in [7, 11) is 0. The maximum Gasteiger partial charge on any atom is 0.416 e. The zero-order valence-corrected chi connectivity index (χ0v) is 14.5. The first-order chi connectivity index (χ1) is 11.9. The third-order valence-corrected chi connectivity index (χ3v) is 5.42. The Hall–Kier alpha value is -1.86. The summed E-state index contributed by atoms with van der Waals surface area (Å²) in [5, 5.41) is 2.61. The molecule has 1 nitrogen and oxygen atoms in total. The van der Waals surface area contributed by atoms with E-state index in [0.29, 0.717) is 16.3 Å². The largest absolute Gasteiger partial charge is 0.416 e. The van der Waals surface area contributed by atoms with Gasteiger partial charge in [0.2, 0.25) is 0 Å². The Morgan fingerprint density at radius 1 is 0.920 bits per heavy atom. The predicted octanol–water partition coefficient (Wildman–Crippen LogP) is 6.40. The van der Waals surface area contributed by atoms with Crippen molar-refractivity contribution in [3.8, 4) is 10.6 Å². The molecule has 3 aromatic rings. The highest BCUT2D eigenvalue weighted by molar-refractivity contribution is 7.97. The van der Waals surface area contributed by atoms with Crippen molar-refractivity contribution in [3.63, 3.8) is 0 Å². The monoisotopic (exact) mass is 383 g/mol. The second-order valence-corrected chi connectivity index (χ2v) is 7.18. The molecule has 0 aliphatic rings. The molecule has 1 aromatic heterocycles. The molecule has 1 heterocycles. The number of nitrogens with zero attached hydrogens (tertiary/aromatic N) is 1. The Morgan fingerprint density at radius 2 is 1.60 bits per heavy atom. The lowest BCUT2D eigenvalue weighted by Crippen LogP contribution is -2.03. The molecule has 0 amide bonds. The van der Waals surface area contributed by atoms with Gasteiger partial charge in [-0.25, -0.2) is 9.37 Å². The summed E-state index contributed by atoms with van der Waals surface area (Å²) in [5.41, 5.74) is 1.92. The zero-order valence-electron chi connectivity index (χ0n) is 12.9. The van der Waals surface area contributed by atoms with E-state index in [0.717, 1.165) is 29.1 Å². The Morgan fingerprint density at radius 3 is 2.24 bits per heavy atom. The predicted molar refractivity (Wildman–Crippen MR) is 94.0 cm³/mol. The molecule has 0 fully saturated rings. The summed E-state index contributed by atoms with van der Waals surface area (Å²) < 4.78 is 50.6. The van der Waals surface area contributed by atoms with Crippen LogP contribution in [-0.2, 0) is 17.7 Å².